The van der Waals surface area contributed by atoms with Gasteiger partial charge in [-0.2, -0.15) is 0 Å². The highest BCUT2D eigenvalue weighted by Gasteiger charge is 2.20. The van der Waals surface area contributed by atoms with Crippen LogP contribution in [0, 0.1) is 0 Å². The number of hydrogen-bond acceptors (Lipinski definition) is 7. The van der Waals surface area contributed by atoms with Gasteiger partial charge >= 0.3 is 0 Å². The zero-order chi connectivity index (χ0) is 22.9. The molecule has 0 radical (unpaired) electrons. The van der Waals surface area contributed by atoms with Gasteiger partial charge in [-0.15, -0.1) is 0 Å². The van der Waals surface area contributed by atoms with Gasteiger partial charge in [0.2, 0.25) is 12.7 Å². The van der Waals surface area contributed by atoms with E-state index < -0.39 is 0 Å². The van der Waals surface area contributed by atoms with E-state index in [-0.39, 0.29) is 12.4 Å². The summed E-state index contributed by atoms with van der Waals surface area (Å²) < 4.78 is 12.5. The summed E-state index contributed by atoms with van der Waals surface area (Å²) in [7, 11) is 0. The molecule has 0 unspecified atom stereocenters. The van der Waals surface area contributed by atoms with Gasteiger partial charge in [0.25, 0.3) is 5.56 Å². The van der Waals surface area contributed by atoms with Gasteiger partial charge in [0.1, 0.15) is 0 Å². The van der Waals surface area contributed by atoms with E-state index in [2.05, 4.69) is 39.0 Å². The van der Waals surface area contributed by atoms with Crippen LogP contribution in [0.3, 0.4) is 0 Å². The predicted molar refractivity (Wildman–Crippen MR) is 129 cm³/mol. The van der Waals surface area contributed by atoms with Gasteiger partial charge in [-0.3, -0.25) is 9.69 Å². The highest BCUT2D eigenvalue weighted by molar-refractivity contribution is 5.77. The van der Waals surface area contributed by atoms with Crippen LogP contribution in [0.5, 0.6) is 11.5 Å². The van der Waals surface area contributed by atoms with E-state index in [0.717, 1.165) is 44.0 Å². The first-order valence-corrected chi connectivity index (χ1v) is 11.5. The normalized spacial score (nSPS) is 15.7. The molecule has 0 aliphatic carbocycles. The molecule has 2 aromatic heterocycles. The van der Waals surface area contributed by atoms with Crippen LogP contribution in [-0.2, 0) is 13.1 Å². The SMILES string of the molecule is O=c1c2cnc(N3CCN(Cc4ccccc4)CC3)nc2ccn1Cc1ccc2c(c1)OCO2. The monoisotopic (exact) mass is 455 g/mol. The fraction of sp³-hybridized carbons (Fsp3) is 0.269. The number of rotatable bonds is 5. The third kappa shape index (κ3) is 4.08. The molecule has 0 saturated carbocycles. The summed E-state index contributed by atoms with van der Waals surface area (Å²) in [6.45, 7) is 5.25. The molecule has 2 aliphatic heterocycles. The van der Waals surface area contributed by atoms with Crippen LogP contribution in [0.25, 0.3) is 10.9 Å². The number of pyridine rings is 1. The molecule has 0 bridgehead atoms. The van der Waals surface area contributed by atoms with E-state index in [4.69, 9.17) is 14.5 Å². The lowest BCUT2D eigenvalue weighted by molar-refractivity contribution is 0.174. The Kier molecular flexibility index (Phi) is 5.35. The largest absolute Gasteiger partial charge is 0.454 e. The molecule has 4 aromatic rings. The molecule has 172 valence electrons. The number of nitrogens with zero attached hydrogens (tertiary/aromatic N) is 5. The van der Waals surface area contributed by atoms with Crippen molar-refractivity contribution in [2.45, 2.75) is 13.1 Å². The second-order valence-corrected chi connectivity index (χ2v) is 8.65. The average Bonchev–Trinajstić information content (AvgIpc) is 3.35. The van der Waals surface area contributed by atoms with Crippen molar-refractivity contribution >= 4 is 16.9 Å². The fourth-order valence-electron chi connectivity index (χ4n) is 4.52. The van der Waals surface area contributed by atoms with Crippen LogP contribution >= 0.6 is 0 Å². The van der Waals surface area contributed by atoms with Crippen molar-refractivity contribution in [2.24, 2.45) is 0 Å². The third-order valence-corrected chi connectivity index (χ3v) is 6.40. The summed E-state index contributed by atoms with van der Waals surface area (Å²) in [6.07, 6.45) is 3.45. The fourth-order valence-corrected chi connectivity index (χ4v) is 4.52. The van der Waals surface area contributed by atoms with Crippen molar-refractivity contribution in [3.05, 3.63) is 88.5 Å². The van der Waals surface area contributed by atoms with Crippen LogP contribution in [0.1, 0.15) is 11.1 Å². The first-order valence-electron chi connectivity index (χ1n) is 11.5. The van der Waals surface area contributed by atoms with Gasteiger partial charge < -0.3 is 18.9 Å². The maximum absolute atomic E-state index is 13.1. The number of ether oxygens (including phenoxy) is 2. The van der Waals surface area contributed by atoms with Crippen LogP contribution in [-0.4, -0.2) is 52.4 Å². The van der Waals surface area contributed by atoms with Crippen LogP contribution in [0.4, 0.5) is 5.95 Å². The Hall–Kier alpha value is -3.91. The Bertz CT molecular complexity index is 1380. The van der Waals surface area contributed by atoms with Crippen molar-refractivity contribution < 1.29 is 9.47 Å². The molecule has 1 saturated heterocycles. The number of aromatic nitrogens is 3. The number of hydrogen-bond donors (Lipinski definition) is 0. The maximum Gasteiger partial charge on any atom is 0.261 e. The molecular weight excluding hydrogens is 430 g/mol. The van der Waals surface area contributed by atoms with Crippen molar-refractivity contribution in [1.82, 2.24) is 19.4 Å². The van der Waals surface area contributed by atoms with Gasteiger partial charge in [0.15, 0.2) is 11.5 Å². The lowest BCUT2D eigenvalue weighted by Crippen LogP contribution is -2.46. The van der Waals surface area contributed by atoms with Crippen LogP contribution in [0.2, 0.25) is 0 Å². The minimum atomic E-state index is -0.102. The molecule has 0 spiro atoms. The van der Waals surface area contributed by atoms with Crippen LogP contribution in [0.15, 0.2) is 71.8 Å². The van der Waals surface area contributed by atoms with Crippen molar-refractivity contribution in [3.63, 3.8) is 0 Å². The third-order valence-electron chi connectivity index (χ3n) is 6.40. The Labute approximate surface area is 197 Å². The second kappa shape index (κ2) is 8.79. The zero-order valence-corrected chi connectivity index (χ0v) is 18.8. The summed E-state index contributed by atoms with van der Waals surface area (Å²) in [4.78, 5) is 27.0. The highest BCUT2D eigenvalue weighted by atomic mass is 16.7. The van der Waals surface area contributed by atoms with Gasteiger partial charge in [0, 0.05) is 45.1 Å². The van der Waals surface area contributed by atoms with Gasteiger partial charge in [-0.05, 0) is 29.3 Å². The van der Waals surface area contributed by atoms with Gasteiger partial charge in [-0.1, -0.05) is 36.4 Å². The molecule has 8 nitrogen and oxygen atoms in total. The average molecular weight is 456 g/mol. The molecule has 0 amide bonds. The van der Waals surface area contributed by atoms with Crippen LogP contribution < -0.4 is 19.9 Å². The molecule has 1 fully saturated rings. The van der Waals surface area contributed by atoms with E-state index in [9.17, 15) is 4.79 Å². The molecule has 4 heterocycles. The summed E-state index contributed by atoms with van der Waals surface area (Å²) in [5.41, 5.74) is 2.87. The predicted octanol–water partition coefficient (Wildman–Crippen LogP) is 2.89. The lowest BCUT2D eigenvalue weighted by Gasteiger charge is -2.34. The van der Waals surface area contributed by atoms with Crippen molar-refractivity contribution in [3.8, 4) is 11.5 Å². The Morgan fingerprint density at radius 3 is 2.53 bits per heavy atom. The van der Waals surface area contributed by atoms with Gasteiger partial charge in [0.05, 0.1) is 17.4 Å². The molecule has 6 rings (SSSR count). The van der Waals surface area contributed by atoms with Crippen molar-refractivity contribution in [2.75, 3.05) is 37.9 Å². The van der Waals surface area contributed by atoms with E-state index in [1.165, 1.54) is 5.56 Å². The quantitative estimate of drug-likeness (QED) is 0.458. The molecule has 2 aliphatic rings. The second-order valence-electron chi connectivity index (χ2n) is 8.65. The topological polar surface area (TPSA) is 72.7 Å². The maximum atomic E-state index is 13.1. The molecule has 0 N–H and O–H groups in total. The van der Waals surface area contributed by atoms with E-state index in [1.807, 2.05) is 30.3 Å². The highest BCUT2D eigenvalue weighted by Crippen LogP contribution is 2.32. The Morgan fingerprint density at radius 1 is 0.853 bits per heavy atom. The summed E-state index contributed by atoms with van der Waals surface area (Å²) in [5, 5.41) is 0.523. The number of fused-ring (bicyclic) bond motifs is 2. The molecule has 2 aromatic carbocycles. The minimum Gasteiger partial charge on any atom is -0.454 e. The standard InChI is InChI=1S/C26H25N5O3/c32-25-21-15-27-26(30-12-10-29(11-13-30)16-19-4-2-1-3-5-19)28-22(21)8-9-31(25)17-20-6-7-23-24(14-20)34-18-33-23/h1-9,14-15H,10-13,16-18H2. The van der Waals surface area contributed by atoms with Gasteiger partial charge in [-0.25, -0.2) is 9.97 Å². The minimum absolute atomic E-state index is 0.102. The zero-order valence-electron chi connectivity index (χ0n) is 18.8. The first-order chi connectivity index (χ1) is 16.7. The number of piperazine rings is 1. The van der Waals surface area contributed by atoms with Crippen molar-refractivity contribution in [1.29, 1.82) is 0 Å². The Morgan fingerprint density at radius 2 is 1.68 bits per heavy atom. The molecule has 0 atom stereocenters. The number of benzene rings is 2. The van der Waals surface area contributed by atoms with E-state index >= 15 is 0 Å². The number of anilines is 1. The molecular formula is C26H25N5O3. The summed E-state index contributed by atoms with van der Waals surface area (Å²) >= 11 is 0. The smallest absolute Gasteiger partial charge is 0.261 e. The Balaban J connectivity index is 1.16. The summed E-state index contributed by atoms with van der Waals surface area (Å²) in [6, 6.07) is 18.2. The molecule has 8 heteroatoms. The van der Waals surface area contributed by atoms with E-state index in [1.54, 1.807) is 17.0 Å². The lowest BCUT2D eigenvalue weighted by atomic mass is 10.2. The summed E-state index contributed by atoms with van der Waals surface area (Å²) in [5.74, 6) is 2.12. The first kappa shape index (κ1) is 20.7. The van der Waals surface area contributed by atoms with E-state index in [0.29, 0.717) is 29.1 Å². The molecule has 34 heavy (non-hydrogen) atoms.